The Morgan fingerprint density at radius 3 is 2.00 bits per heavy atom. The predicted octanol–water partition coefficient (Wildman–Crippen LogP) is 1.35. The summed E-state index contributed by atoms with van der Waals surface area (Å²) in [5, 5.41) is 8.18. The molecule has 0 aromatic rings. The maximum Gasteiger partial charge on any atom is 0.321 e. The lowest BCUT2D eigenvalue weighted by atomic mass is 10.2. The average Bonchev–Trinajstić information content (AvgIpc) is 2.16. The molecule has 0 bridgehead atoms. The summed E-state index contributed by atoms with van der Waals surface area (Å²) in [5.41, 5.74) is 0. The highest BCUT2D eigenvalue weighted by molar-refractivity contribution is 7.90. The van der Waals surface area contributed by atoms with Gasteiger partial charge in [-0.25, -0.2) is 13.1 Å². The van der Waals surface area contributed by atoms with Gasteiger partial charge >= 0.3 is 5.97 Å². The highest BCUT2D eigenvalue weighted by Gasteiger charge is 2.27. The van der Waals surface area contributed by atoms with Gasteiger partial charge in [0.25, 0.3) is 0 Å². The monoisotopic (exact) mass is 251 g/mol. The van der Waals surface area contributed by atoms with Crippen molar-refractivity contribution in [1.29, 1.82) is 0 Å². The van der Waals surface area contributed by atoms with Gasteiger partial charge in [-0.1, -0.05) is 26.7 Å². The van der Waals surface area contributed by atoms with Crippen molar-refractivity contribution < 1.29 is 18.3 Å². The zero-order valence-electron chi connectivity index (χ0n) is 10.1. The van der Waals surface area contributed by atoms with Gasteiger partial charge in [0, 0.05) is 0 Å². The fourth-order valence-electron chi connectivity index (χ4n) is 1.49. The van der Waals surface area contributed by atoms with Crippen LogP contribution in [0.2, 0.25) is 0 Å². The molecule has 1 atom stereocenters. The van der Waals surface area contributed by atoms with Crippen LogP contribution in [0.4, 0.5) is 0 Å². The van der Waals surface area contributed by atoms with Crippen molar-refractivity contribution in [2.75, 3.05) is 0 Å². The minimum Gasteiger partial charge on any atom is -0.480 e. The molecule has 0 rings (SSSR count). The smallest absolute Gasteiger partial charge is 0.321 e. The van der Waals surface area contributed by atoms with Gasteiger partial charge in [0.05, 0.1) is 5.25 Å². The lowest BCUT2D eigenvalue weighted by molar-refractivity contribution is -0.138. The Morgan fingerprint density at radius 1 is 1.25 bits per heavy atom. The van der Waals surface area contributed by atoms with Crippen molar-refractivity contribution in [3.63, 3.8) is 0 Å². The van der Waals surface area contributed by atoms with Gasteiger partial charge in [0.2, 0.25) is 10.0 Å². The molecule has 0 saturated carbocycles. The lowest BCUT2D eigenvalue weighted by Gasteiger charge is -2.18. The van der Waals surface area contributed by atoms with Crippen LogP contribution in [0.15, 0.2) is 0 Å². The van der Waals surface area contributed by atoms with Crippen LogP contribution >= 0.6 is 0 Å². The SMILES string of the molecule is CCCC(CCC)S(=O)(=O)N[C@H](C)C(=O)O. The van der Waals surface area contributed by atoms with E-state index in [1.165, 1.54) is 6.92 Å². The number of carboxylic acids is 1. The van der Waals surface area contributed by atoms with E-state index in [2.05, 4.69) is 4.72 Å². The molecule has 5 nitrogen and oxygen atoms in total. The summed E-state index contributed by atoms with van der Waals surface area (Å²) in [6.07, 6.45) is 2.67. The topological polar surface area (TPSA) is 83.5 Å². The van der Waals surface area contributed by atoms with Gasteiger partial charge in [-0.3, -0.25) is 4.79 Å². The van der Waals surface area contributed by atoms with Crippen molar-refractivity contribution in [3.05, 3.63) is 0 Å². The third-order valence-corrected chi connectivity index (χ3v) is 4.40. The predicted molar refractivity (Wildman–Crippen MR) is 62.8 cm³/mol. The molecule has 0 spiro atoms. The van der Waals surface area contributed by atoms with E-state index in [-0.39, 0.29) is 0 Å². The van der Waals surface area contributed by atoms with Gasteiger partial charge in [0.1, 0.15) is 6.04 Å². The molecule has 0 unspecified atom stereocenters. The van der Waals surface area contributed by atoms with Gasteiger partial charge in [0.15, 0.2) is 0 Å². The summed E-state index contributed by atoms with van der Waals surface area (Å²) in [7, 11) is -3.52. The molecule has 0 aliphatic heterocycles. The highest BCUT2D eigenvalue weighted by Crippen LogP contribution is 2.14. The summed E-state index contributed by atoms with van der Waals surface area (Å²) >= 11 is 0. The van der Waals surface area contributed by atoms with E-state index in [9.17, 15) is 13.2 Å². The molecule has 0 aliphatic carbocycles. The number of sulfonamides is 1. The van der Waals surface area contributed by atoms with Crippen molar-refractivity contribution in [3.8, 4) is 0 Å². The van der Waals surface area contributed by atoms with E-state index < -0.39 is 27.3 Å². The maximum atomic E-state index is 11.9. The van der Waals surface area contributed by atoms with Gasteiger partial charge < -0.3 is 5.11 Å². The van der Waals surface area contributed by atoms with E-state index in [1.54, 1.807) is 0 Å². The number of hydrogen-bond donors (Lipinski definition) is 2. The standard InChI is InChI=1S/C10H21NO4S/c1-4-6-9(7-5-2)16(14,15)11-8(3)10(12)13/h8-9,11H,4-7H2,1-3H3,(H,12,13)/t8-/m1/s1. The molecular weight excluding hydrogens is 230 g/mol. The van der Waals surface area contributed by atoms with Crippen molar-refractivity contribution in [2.24, 2.45) is 0 Å². The summed E-state index contributed by atoms with van der Waals surface area (Å²) in [6.45, 7) is 5.16. The van der Waals surface area contributed by atoms with Crippen molar-refractivity contribution in [1.82, 2.24) is 4.72 Å². The number of aliphatic carboxylic acids is 1. The van der Waals surface area contributed by atoms with Crippen LogP contribution in [0, 0.1) is 0 Å². The third-order valence-electron chi connectivity index (χ3n) is 2.37. The Bertz CT molecular complexity index is 307. The summed E-state index contributed by atoms with van der Waals surface area (Å²) in [5.74, 6) is -1.16. The van der Waals surface area contributed by atoms with Gasteiger partial charge in [-0.15, -0.1) is 0 Å². The van der Waals surface area contributed by atoms with Gasteiger partial charge in [-0.2, -0.15) is 0 Å². The maximum absolute atomic E-state index is 11.9. The Labute approximate surface area is 97.3 Å². The molecular formula is C10H21NO4S. The van der Waals surface area contributed by atoms with Crippen molar-refractivity contribution >= 4 is 16.0 Å². The van der Waals surface area contributed by atoms with E-state index in [4.69, 9.17) is 5.11 Å². The second kappa shape index (κ2) is 6.85. The zero-order valence-corrected chi connectivity index (χ0v) is 10.9. The fourth-order valence-corrected chi connectivity index (χ4v) is 3.37. The highest BCUT2D eigenvalue weighted by atomic mass is 32.2. The van der Waals surface area contributed by atoms with E-state index in [1.807, 2.05) is 13.8 Å². The normalized spacial score (nSPS) is 14.0. The van der Waals surface area contributed by atoms with E-state index in [0.29, 0.717) is 12.8 Å². The molecule has 0 saturated heterocycles. The summed E-state index contributed by atoms with van der Waals surface area (Å²) in [6, 6.07) is -1.07. The molecule has 0 aromatic heterocycles. The Hall–Kier alpha value is -0.620. The molecule has 2 N–H and O–H groups in total. The lowest BCUT2D eigenvalue weighted by Crippen LogP contribution is -2.43. The number of hydrogen-bond acceptors (Lipinski definition) is 3. The van der Waals surface area contributed by atoms with Gasteiger partial charge in [-0.05, 0) is 19.8 Å². The quantitative estimate of drug-likeness (QED) is 0.682. The van der Waals surface area contributed by atoms with E-state index in [0.717, 1.165) is 12.8 Å². The Kier molecular flexibility index (Phi) is 6.59. The second-order valence-corrected chi connectivity index (χ2v) is 5.91. The Morgan fingerprint density at radius 2 is 1.69 bits per heavy atom. The first-order chi connectivity index (χ1) is 7.35. The summed E-state index contributed by atoms with van der Waals surface area (Å²) < 4.78 is 25.9. The van der Waals surface area contributed by atoms with Crippen LogP contribution in [0.3, 0.4) is 0 Å². The van der Waals surface area contributed by atoms with Crippen LogP contribution in [0.5, 0.6) is 0 Å². The third kappa shape index (κ3) is 4.94. The van der Waals surface area contributed by atoms with Crippen LogP contribution < -0.4 is 4.72 Å². The van der Waals surface area contributed by atoms with Crippen molar-refractivity contribution in [2.45, 2.75) is 57.7 Å². The van der Waals surface area contributed by atoms with Crippen LogP contribution in [-0.2, 0) is 14.8 Å². The van der Waals surface area contributed by atoms with Crippen LogP contribution in [0.1, 0.15) is 46.5 Å². The molecule has 0 fully saturated rings. The molecule has 6 heteroatoms. The van der Waals surface area contributed by atoms with Crippen LogP contribution in [0.25, 0.3) is 0 Å². The molecule has 0 heterocycles. The molecule has 0 radical (unpaired) electrons. The minimum atomic E-state index is -3.52. The number of nitrogens with one attached hydrogen (secondary N) is 1. The summed E-state index contributed by atoms with van der Waals surface area (Å²) in [4.78, 5) is 10.6. The first kappa shape index (κ1) is 15.4. The molecule has 0 aliphatic rings. The molecule has 16 heavy (non-hydrogen) atoms. The molecule has 96 valence electrons. The molecule has 0 amide bonds. The van der Waals surface area contributed by atoms with E-state index >= 15 is 0 Å². The number of rotatable bonds is 8. The first-order valence-corrected chi connectivity index (χ1v) is 7.13. The first-order valence-electron chi connectivity index (χ1n) is 5.59. The molecule has 0 aromatic carbocycles. The number of carboxylic acid groups (broad SMARTS) is 1. The minimum absolute atomic E-state index is 0.482. The fraction of sp³-hybridized carbons (Fsp3) is 0.900. The second-order valence-electron chi connectivity index (χ2n) is 3.92. The van der Waals surface area contributed by atoms with Crippen LogP contribution in [-0.4, -0.2) is 30.8 Å². The average molecular weight is 251 g/mol. The Balaban J connectivity index is 4.65. The largest absolute Gasteiger partial charge is 0.480 e. The number of carbonyl (C=O) groups is 1. The zero-order chi connectivity index (χ0) is 12.8.